The van der Waals surface area contributed by atoms with Crippen molar-refractivity contribution < 1.29 is 14.3 Å². The molecule has 17 heavy (non-hydrogen) atoms. The first-order valence-corrected chi connectivity index (χ1v) is 5.71. The van der Waals surface area contributed by atoms with E-state index in [0.29, 0.717) is 0 Å². The van der Waals surface area contributed by atoms with Gasteiger partial charge in [0.1, 0.15) is 5.82 Å². The molecule has 5 heteroatoms. The molecule has 3 nitrogen and oxygen atoms in total. The lowest BCUT2D eigenvalue weighted by molar-refractivity contribution is 0.0896. The van der Waals surface area contributed by atoms with E-state index in [1.165, 1.54) is 18.2 Å². The monoisotopic (exact) mass is 259 g/mol. The number of halogens is 2. The highest BCUT2D eigenvalue weighted by Gasteiger charge is 2.19. The van der Waals surface area contributed by atoms with Gasteiger partial charge in [-0.15, -0.1) is 0 Å². The first kappa shape index (κ1) is 13.9. The minimum atomic E-state index is -0.635. The van der Waals surface area contributed by atoms with E-state index in [4.69, 9.17) is 16.7 Å². The fourth-order valence-corrected chi connectivity index (χ4v) is 1.56. The molecule has 1 amide bonds. The number of nitrogens with one attached hydrogen (secondary N) is 1. The van der Waals surface area contributed by atoms with Crippen molar-refractivity contribution in [2.24, 2.45) is 5.92 Å². The Morgan fingerprint density at radius 1 is 1.53 bits per heavy atom. The summed E-state index contributed by atoms with van der Waals surface area (Å²) in [6.45, 7) is 3.57. The Balaban J connectivity index is 2.86. The Labute approximate surface area is 105 Å². The molecule has 0 aliphatic rings. The molecule has 0 radical (unpaired) electrons. The summed E-state index contributed by atoms with van der Waals surface area (Å²) in [5.74, 6) is -1.04. The van der Waals surface area contributed by atoms with Crippen LogP contribution in [0.25, 0.3) is 0 Å². The van der Waals surface area contributed by atoms with Crippen molar-refractivity contribution in [3.8, 4) is 0 Å². The van der Waals surface area contributed by atoms with Gasteiger partial charge in [-0.3, -0.25) is 4.79 Å². The van der Waals surface area contributed by atoms with Gasteiger partial charge in [0.15, 0.2) is 0 Å². The maximum absolute atomic E-state index is 13.2. The summed E-state index contributed by atoms with van der Waals surface area (Å²) < 4.78 is 13.2. The number of carbonyl (C=O) groups is 1. The molecule has 0 saturated heterocycles. The van der Waals surface area contributed by atoms with Gasteiger partial charge in [0, 0.05) is 0 Å². The number of aliphatic hydroxyl groups excluding tert-OH is 1. The Morgan fingerprint density at radius 2 is 2.18 bits per heavy atom. The van der Waals surface area contributed by atoms with E-state index in [2.05, 4.69) is 5.32 Å². The molecule has 0 aromatic heterocycles. The summed E-state index contributed by atoms with van der Waals surface area (Å²) in [7, 11) is 0. The Hall–Kier alpha value is -1.13. The predicted octanol–water partition coefficient (Wildman–Crippen LogP) is 2.23. The molecule has 0 heterocycles. The highest BCUT2D eigenvalue weighted by atomic mass is 35.5. The molecule has 94 valence electrons. The quantitative estimate of drug-likeness (QED) is 0.871. The van der Waals surface area contributed by atoms with Crippen LogP contribution < -0.4 is 5.32 Å². The first-order chi connectivity index (χ1) is 7.97. The van der Waals surface area contributed by atoms with Crippen LogP contribution in [0.5, 0.6) is 0 Å². The molecule has 0 spiro atoms. The van der Waals surface area contributed by atoms with Crippen LogP contribution in [-0.2, 0) is 0 Å². The second-order valence-corrected chi connectivity index (χ2v) is 4.49. The van der Waals surface area contributed by atoms with Gasteiger partial charge in [-0.25, -0.2) is 4.39 Å². The van der Waals surface area contributed by atoms with E-state index in [1.54, 1.807) is 0 Å². The number of benzene rings is 1. The van der Waals surface area contributed by atoms with Gasteiger partial charge in [-0.1, -0.05) is 31.5 Å². The van der Waals surface area contributed by atoms with Crippen LogP contribution in [-0.4, -0.2) is 23.7 Å². The number of carbonyl (C=O) groups excluding carboxylic acids is 1. The molecule has 0 fully saturated rings. The van der Waals surface area contributed by atoms with Crippen molar-refractivity contribution in [2.45, 2.75) is 19.9 Å². The lowest BCUT2D eigenvalue weighted by Gasteiger charge is -2.20. The molecule has 0 aliphatic heterocycles. The van der Waals surface area contributed by atoms with Crippen LogP contribution in [0.4, 0.5) is 4.39 Å². The minimum absolute atomic E-state index is 0.0748. The van der Waals surface area contributed by atoms with E-state index < -0.39 is 11.7 Å². The zero-order valence-electron chi connectivity index (χ0n) is 9.71. The van der Waals surface area contributed by atoms with Crippen molar-refractivity contribution in [1.29, 1.82) is 0 Å². The van der Waals surface area contributed by atoms with Gasteiger partial charge in [0.2, 0.25) is 0 Å². The largest absolute Gasteiger partial charge is 0.394 e. The summed E-state index contributed by atoms with van der Waals surface area (Å²) in [4.78, 5) is 11.8. The van der Waals surface area contributed by atoms with Crippen LogP contribution in [0.1, 0.15) is 24.2 Å². The van der Waals surface area contributed by atoms with Gasteiger partial charge < -0.3 is 10.4 Å². The SMILES string of the molecule is CC(C)C(CO)NC(=O)c1cccc(F)c1Cl. The predicted molar refractivity (Wildman–Crippen MR) is 64.6 cm³/mol. The van der Waals surface area contributed by atoms with Gasteiger partial charge in [0.05, 0.1) is 23.2 Å². The maximum Gasteiger partial charge on any atom is 0.253 e. The summed E-state index contributed by atoms with van der Waals surface area (Å²) in [5.41, 5.74) is 0.0748. The van der Waals surface area contributed by atoms with Crippen molar-refractivity contribution in [3.63, 3.8) is 0 Å². The van der Waals surface area contributed by atoms with Crippen LogP contribution in [0.2, 0.25) is 5.02 Å². The zero-order valence-corrected chi connectivity index (χ0v) is 10.5. The lowest BCUT2D eigenvalue weighted by Crippen LogP contribution is -2.41. The fourth-order valence-electron chi connectivity index (χ4n) is 1.35. The summed E-state index contributed by atoms with van der Waals surface area (Å²) in [6.07, 6.45) is 0. The third-order valence-electron chi connectivity index (χ3n) is 2.51. The summed E-state index contributed by atoms with van der Waals surface area (Å²) >= 11 is 5.70. The molecule has 2 N–H and O–H groups in total. The smallest absolute Gasteiger partial charge is 0.253 e. The van der Waals surface area contributed by atoms with Gasteiger partial charge in [-0.05, 0) is 18.1 Å². The number of amides is 1. The molecule has 1 aromatic carbocycles. The van der Waals surface area contributed by atoms with E-state index in [9.17, 15) is 9.18 Å². The van der Waals surface area contributed by atoms with Crippen LogP contribution in [0, 0.1) is 11.7 Å². The van der Waals surface area contributed by atoms with Gasteiger partial charge in [0.25, 0.3) is 5.91 Å². The second-order valence-electron chi connectivity index (χ2n) is 4.11. The molecular weight excluding hydrogens is 245 g/mol. The number of hydrogen-bond acceptors (Lipinski definition) is 2. The average Bonchev–Trinajstić information content (AvgIpc) is 2.28. The molecule has 0 saturated carbocycles. The number of rotatable bonds is 4. The molecule has 0 aliphatic carbocycles. The van der Waals surface area contributed by atoms with Crippen molar-refractivity contribution in [3.05, 3.63) is 34.6 Å². The highest BCUT2D eigenvalue weighted by Crippen LogP contribution is 2.19. The molecule has 1 atom stereocenters. The van der Waals surface area contributed by atoms with Crippen molar-refractivity contribution >= 4 is 17.5 Å². The molecule has 0 bridgehead atoms. The van der Waals surface area contributed by atoms with Gasteiger partial charge in [-0.2, -0.15) is 0 Å². The van der Waals surface area contributed by atoms with Gasteiger partial charge >= 0.3 is 0 Å². The summed E-state index contributed by atoms with van der Waals surface area (Å²) in [6, 6.07) is 3.67. The highest BCUT2D eigenvalue weighted by molar-refractivity contribution is 6.34. The average molecular weight is 260 g/mol. The Bertz CT molecular complexity index is 409. The van der Waals surface area contributed by atoms with Crippen molar-refractivity contribution in [1.82, 2.24) is 5.32 Å². The second kappa shape index (κ2) is 5.98. The van der Waals surface area contributed by atoms with E-state index in [-0.39, 0.29) is 29.2 Å². The van der Waals surface area contributed by atoms with Crippen LogP contribution in [0.3, 0.4) is 0 Å². The number of hydrogen-bond donors (Lipinski definition) is 2. The van der Waals surface area contributed by atoms with E-state index in [0.717, 1.165) is 0 Å². The fraction of sp³-hybridized carbons (Fsp3) is 0.417. The Kier molecular flexibility index (Phi) is 4.90. The van der Waals surface area contributed by atoms with Crippen LogP contribution >= 0.6 is 11.6 Å². The summed E-state index contributed by atoms with van der Waals surface area (Å²) in [5, 5.41) is 11.5. The molecule has 1 unspecified atom stereocenters. The normalized spacial score (nSPS) is 12.6. The molecular formula is C12H15ClFNO2. The van der Waals surface area contributed by atoms with Crippen molar-refractivity contribution in [2.75, 3.05) is 6.61 Å². The third-order valence-corrected chi connectivity index (χ3v) is 2.90. The zero-order chi connectivity index (χ0) is 13.0. The Morgan fingerprint density at radius 3 is 2.71 bits per heavy atom. The molecule has 1 aromatic rings. The maximum atomic E-state index is 13.2. The topological polar surface area (TPSA) is 49.3 Å². The number of aliphatic hydroxyl groups is 1. The van der Waals surface area contributed by atoms with E-state index >= 15 is 0 Å². The third kappa shape index (κ3) is 3.41. The van der Waals surface area contributed by atoms with Crippen LogP contribution in [0.15, 0.2) is 18.2 Å². The lowest BCUT2D eigenvalue weighted by atomic mass is 10.0. The standard InChI is InChI=1S/C12H15ClFNO2/c1-7(2)10(6-16)15-12(17)8-4-3-5-9(14)11(8)13/h3-5,7,10,16H,6H2,1-2H3,(H,15,17). The minimum Gasteiger partial charge on any atom is -0.394 e. The van der Waals surface area contributed by atoms with E-state index in [1.807, 2.05) is 13.8 Å². The first-order valence-electron chi connectivity index (χ1n) is 5.33. The molecule has 1 rings (SSSR count).